The van der Waals surface area contributed by atoms with Crippen LogP contribution in [-0.4, -0.2) is 48.4 Å². The molecule has 2 fully saturated rings. The van der Waals surface area contributed by atoms with Gasteiger partial charge in [-0.05, 0) is 48.5 Å². The number of hydrogen-bond donors (Lipinski definition) is 0. The van der Waals surface area contributed by atoms with Crippen LogP contribution in [0.2, 0.25) is 0 Å². The van der Waals surface area contributed by atoms with Crippen molar-refractivity contribution >= 4 is 0 Å². The van der Waals surface area contributed by atoms with Crippen molar-refractivity contribution in [3.8, 4) is 34.5 Å². The smallest absolute Gasteiger partial charge is 0.119 e. The van der Waals surface area contributed by atoms with Gasteiger partial charge in [0.15, 0.2) is 0 Å². The van der Waals surface area contributed by atoms with Gasteiger partial charge in [0, 0.05) is 11.0 Å². The second-order valence-electron chi connectivity index (χ2n) is 9.40. The molecule has 2 aromatic carbocycles. The molecule has 0 spiro atoms. The van der Waals surface area contributed by atoms with Crippen LogP contribution in [0, 0.1) is 11.3 Å². The van der Waals surface area contributed by atoms with Crippen molar-refractivity contribution in [1.29, 1.82) is 5.26 Å². The van der Waals surface area contributed by atoms with E-state index in [-0.39, 0.29) is 17.6 Å². The van der Waals surface area contributed by atoms with Gasteiger partial charge in [-0.2, -0.15) is 10.4 Å². The molecule has 5 rings (SSSR count). The zero-order valence-electron chi connectivity index (χ0n) is 19.1. The van der Waals surface area contributed by atoms with E-state index in [2.05, 4.69) is 26.8 Å². The first-order valence-electron chi connectivity index (χ1n) is 11.2. The van der Waals surface area contributed by atoms with Crippen LogP contribution in [0.5, 0.6) is 11.5 Å². The Hall–Kier alpha value is -3.34. The van der Waals surface area contributed by atoms with E-state index in [1.807, 2.05) is 53.2 Å². The number of rotatable bonds is 8. The average molecular weight is 446 g/mol. The van der Waals surface area contributed by atoms with E-state index in [0.29, 0.717) is 24.5 Å². The molecule has 1 aromatic heterocycles. The first-order chi connectivity index (χ1) is 15.9. The van der Waals surface area contributed by atoms with Crippen LogP contribution in [0.3, 0.4) is 0 Å². The minimum Gasteiger partial charge on any atom is -0.491 e. The summed E-state index contributed by atoms with van der Waals surface area (Å²) in [6.45, 7) is 8.92. The van der Waals surface area contributed by atoms with E-state index >= 15 is 0 Å². The number of aromatic nitrogens is 2. The summed E-state index contributed by atoms with van der Waals surface area (Å²) >= 11 is 0. The Morgan fingerprint density at radius 3 is 1.91 bits per heavy atom. The minimum absolute atomic E-state index is 0.207. The van der Waals surface area contributed by atoms with E-state index in [1.54, 1.807) is 0 Å². The lowest BCUT2D eigenvalue weighted by Gasteiger charge is -2.21. The van der Waals surface area contributed by atoms with Gasteiger partial charge >= 0.3 is 0 Å². The molecule has 2 aliphatic heterocycles. The van der Waals surface area contributed by atoms with Gasteiger partial charge < -0.3 is 18.9 Å². The first-order valence-corrected chi connectivity index (χ1v) is 11.2. The highest BCUT2D eigenvalue weighted by atomic mass is 16.6. The molecule has 0 bridgehead atoms. The number of hydrogen-bond acceptors (Lipinski definition) is 6. The van der Waals surface area contributed by atoms with Crippen molar-refractivity contribution in [3.63, 3.8) is 0 Å². The highest BCUT2D eigenvalue weighted by molar-refractivity contribution is 5.70. The van der Waals surface area contributed by atoms with Crippen LogP contribution in [0.15, 0.2) is 48.5 Å². The largest absolute Gasteiger partial charge is 0.491 e. The molecule has 2 atom stereocenters. The molecule has 170 valence electrons. The molecule has 2 saturated heterocycles. The van der Waals surface area contributed by atoms with Crippen molar-refractivity contribution in [2.75, 3.05) is 26.4 Å². The van der Waals surface area contributed by atoms with E-state index in [0.717, 1.165) is 41.7 Å². The molecule has 2 aliphatic rings. The topological polar surface area (TPSA) is 85.1 Å². The SMILES string of the molecule is CC(C)(C)c1c(C#N)c(-c2ccc(OCC3CO3)cc2)nn1-c1ccc(OCC2CO2)cc1. The lowest BCUT2D eigenvalue weighted by atomic mass is 9.88. The summed E-state index contributed by atoms with van der Waals surface area (Å²) in [5.74, 6) is 1.56. The van der Waals surface area contributed by atoms with Crippen LogP contribution in [0.4, 0.5) is 0 Å². The van der Waals surface area contributed by atoms with E-state index in [9.17, 15) is 5.26 Å². The summed E-state index contributed by atoms with van der Waals surface area (Å²) in [5.41, 5.74) is 3.56. The summed E-state index contributed by atoms with van der Waals surface area (Å²) in [7, 11) is 0. The van der Waals surface area contributed by atoms with Crippen molar-refractivity contribution in [1.82, 2.24) is 9.78 Å². The average Bonchev–Trinajstić information content (AvgIpc) is 3.74. The van der Waals surface area contributed by atoms with Gasteiger partial charge in [-0.15, -0.1) is 0 Å². The van der Waals surface area contributed by atoms with Gasteiger partial charge in [-0.1, -0.05) is 20.8 Å². The van der Waals surface area contributed by atoms with Crippen molar-refractivity contribution in [3.05, 3.63) is 59.8 Å². The maximum atomic E-state index is 10.1. The maximum absolute atomic E-state index is 10.1. The number of benzene rings is 2. The monoisotopic (exact) mass is 445 g/mol. The standard InChI is InChI=1S/C26H27N3O4/c1-26(2,3)25-23(12-27)24(17-4-8-19(9-5-17)30-13-21-15-32-21)28-29(25)18-6-10-20(11-7-18)31-14-22-16-33-22/h4-11,21-22H,13-16H2,1-3H3. The predicted molar refractivity (Wildman–Crippen MR) is 123 cm³/mol. The van der Waals surface area contributed by atoms with Crippen molar-refractivity contribution < 1.29 is 18.9 Å². The lowest BCUT2D eigenvalue weighted by Crippen LogP contribution is -2.19. The fourth-order valence-electron chi connectivity index (χ4n) is 3.71. The third kappa shape index (κ3) is 4.87. The maximum Gasteiger partial charge on any atom is 0.119 e. The lowest BCUT2D eigenvalue weighted by molar-refractivity contribution is 0.263. The first kappa shape index (κ1) is 21.5. The van der Waals surface area contributed by atoms with Gasteiger partial charge in [-0.25, -0.2) is 4.68 Å². The Morgan fingerprint density at radius 2 is 1.45 bits per heavy atom. The summed E-state index contributed by atoms with van der Waals surface area (Å²) in [6.07, 6.45) is 0.418. The van der Waals surface area contributed by atoms with Crippen LogP contribution in [-0.2, 0) is 14.9 Å². The molecule has 0 N–H and O–H groups in total. The molecule has 3 heterocycles. The quantitative estimate of drug-likeness (QED) is 0.482. The summed E-state index contributed by atoms with van der Waals surface area (Å²) < 4.78 is 23.8. The molecule has 0 radical (unpaired) electrons. The fourth-order valence-corrected chi connectivity index (χ4v) is 3.71. The normalized spacial score (nSPS) is 19.1. The number of ether oxygens (including phenoxy) is 4. The Bertz CT molecular complexity index is 1160. The van der Waals surface area contributed by atoms with Gasteiger partial charge in [0.25, 0.3) is 0 Å². The third-order valence-electron chi connectivity index (χ3n) is 5.59. The highest BCUT2D eigenvalue weighted by Crippen LogP contribution is 2.35. The van der Waals surface area contributed by atoms with Crippen molar-refractivity contribution in [2.45, 2.75) is 38.4 Å². The van der Waals surface area contributed by atoms with Gasteiger partial charge in [0.1, 0.15) is 54.2 Å². The molecule has 33 heavy (non-hydrogen) atoms. The highest BCUT2D eigenvalue weighted by Gasteiger charge is 2.29. The zero-order chi connectivity index (χ0) is 23.0. The second-order valence-corrected chi connectivity index (χ2v) is 9.40. The minimum atomic E-state index is -0.290. The second kappa shape index (κ2) is 8.54. The Morgan fingerprint density at radius 1 is 0.939 bits per heavy atom. The molecule has 7 heteroatoms. The number of nitrogens with zero attached hydrogens (tertiary/aromatic N) is 3. The zero-order valence-corrected chi connectivity index (χ0v) is 19.1. The van der Waals surface area contributed by atoms with Crippen LogP contribution in [0.25, 0.3) is 16.9 Å². The molecular weight excluding hydrogens is 418 g/mol. The molecule has 0 aliphatic carbocycles. The molecule has 0 amide bonds. The van der Waals surface area contributed by atoms with Gasteiger partial charge in [0.05, 0.1) is 24.6 Å². The summed E-state index contributed by atoms with van der Waals surface area (Å²) in [6, 6.07) is 17.9. The van der Waals surface area contributed by atoms with E-state index in [4.69, 9.17) is 24.0 Å². The molecule has 2 unspecified atom stereocenters. The van der Waals surface area contributed by atoms with Gasteiger partial charge in [-0.3, -0.25) is 0 Å². The third-order valence-corrected chi connectivity index (χ3v) is 5.59. The Kier molecular flexibility index (Phi) is 5.57. The number of nitriles is 1. The Labute approximate surface area is 193 Å². The van der Waals surface area contributed by atoms with Gasteiger partial charge in [0.2, 0.25) is 0 Å². The van der Waals surface area contributed by atoms with Crippen molar-refractivity contribution in [2.24, 2.45) is 0 Å². The van der Waals surface area contributed by atoms with E-state index in [1.165, 1.54) is 0 Å². The van der Waals surface area contributed by atoms with Crippen LogP contribution in [0.1, 0.15) is 32.0 Å². The fraction of sp³-hybridized carbons (Fsp3) is 0.385. The summed E-state index contributed by atoms with van der Waals surface area (Å²) in [4.78, 5) is 0. The number of epoxide rings is 2. The molecule has 0 saturated carbocycles. The molecule has 3 aromatic rings. The molecule has 7 nitrogen and oxygen atoms in total. The predicted octanol–water partition coefficient (Wildman–Crippen LogP) is 4.26. The Balaban J connectivity index is 1.47. The van der Waals surface area contributed by atoms with Crippen LogP contribution >= 0.6 is 0 Å². The van der Waals surface area contributed by atoms with E-state index < -0.39 is 0 Å². The molecular formula is C26H27N3O4. The van der Waals surface area contributed by atoms with Crippen LogP contribution < -0.4 is 9.47 Å². The summed E-state index contributed by atoms with van der Waals surface area (Å²) in [5, 5.41) is 15.0.